The van der Waals surface area contributed by atoms with Gasteiger partial charge in [0.05, 0.1) is 25.1 Å². The third-order valence-electron chi connectivity index (χ3n) is 8.00. The highest BCUT2D eigenvalue weighted by Gasteiger charge is 2.43. The molecule has 0 spiro atoms. The topological polar surface area (TPSA) is 121 Å². The molecule has 5 rings (SSSR count). The summed E-state index contributed by atoms with van der Waals surface area (Å²) in [4.78, 5) is 4.75. The molecule has 0 aromatic heterocycles. The lowest BCUT2D eigenvalue weighted by Gasteiger charge is -2.37. The Morgan fingerprint density at radius 2 is 1.63 bits per heavy atom. The van der Waals surface area contributed by atoms with Crippen LogP contribution in [-0.4, -0.2) is 88.4 Å². The third kappa shape index (κ3) is 8.53. The number of hydrogen-bond acceptors (Lipinski definition) is 12. The van der Waals surface area contributed by atoms with Gasteiger partial charge in [-0.3, -0.25) is 5.21 Å². The number of nitrogens with zero attached hydrogens (tertiary/aromatic N) is 5. The van der Waals surface area contributed by atoms with Gasteiger partial charge in [-0.1, -0.05) is 44.2 Å². The molecule has 0 saturated carbocycles. The van der Waals surface area contributed by atoms with Gasteiger partial charge in [0.1, 0.15) is 18.5 Å². The maximum absolute atomic E-state index is 10.5. The van der Waals surface area contributed by atoms with Crippen LogP contribution in [0, 0.1) is 11.3 Å². The summed E-state index contributed by atoms with van der Waals surface area (Å²) in [6, 6.07) is 26.0. The lowest BCUT2D eigenvalue weighted by molar-refractivity contribution is -0.175. The van der Waals surface area contributed by atoms with Crippen LogP contribution in [0.3, 0.4) is 0 Å². The van der Waals surface area contributed by atoms with Crippen LogP contribution in [0.25, 0.3) is 0 Å². The molecule has 2 fully saturated rings. The maximum atomic E-state index is 10.5. The van der Waals surface area contributed by atoms with Crippen molar-refractivity contribution < 1.29 is 19.4 Å². The summed E-state index contributed by atoms with van der Waals surface area (Å²) in [6.07, 6.45) is 2.23. The van der Waals surface area contributed by atoms with Gasteiger partial charge in [0, 0.05) is 62.9 Å². The minimum Gasteiger partial charge on any atom is -0.491 e. The largest absolute Gasteiger partial charge is 0.491 e. The molecule has 2 aliphatic rings. The number of hydrazine groups is 2. The summed E-state index contributed by atoms with van der Waals surface area (Å²) < 4.78 is 18.6. The average Bonchev–Trinajstić information content (AvgIpc) is 3.53. The number of rotatable bonds is 15. The van der Waals surface area contributed by atoms with E-state index in [1.54, 1.807) is 12.2 Å². The first-order chi connectivity index (χ1) is 22.4. The summed E-state index contributed by atoms with van der Waals surface area (Å²) in [5, 5.41) is 24.4. The molecule has 2 saturated heterocycles. The van der Waals surface area contributed by atoms with Gasteiger partial charge in [-0.25, -0.2) is 5.43 Å². The summed E-state index contributed by atoms with van der Waals surface area (Å²) in [6.45, 7) is 9.69. The highest BCUT2D eigenvalue weighted by molar-refractivity contribution is 6.14. The highest BCUT2D eigenvalue weighted by atomic mass is 16.8. The molecule has 0 unspecified atom stereocenters. The third-order valence-corrected chi connectivity index (χ3v) is 8.00. The Morgan fingerprint density at radius 3 is 2.24 bits per heavy atom. The zero-order valence-corrected chi connectivity index (χ0v) is 26.9. The van der Waals surface area contributed by atoms with Crippen LogP contribution in [0.5, 0.6) is 5.75 Å². The molecule has 3 aromatic rings. The molecule has 0 bridgehead atoms. The Labute approximate surface area is 271 Å². The van der Waals surface area contributed by atoms with E-state index in [0.717, 1.165) is 66.8 Å². The molecule has 46 heavy (non-hydrogen) atoms. The molecule has 2 aliphatic heterocycles. The van der Waals surface area contributed by atoms with Crippen LogP contribution in [0.1, 0.15) is 19.4 Å². The first kappa shape index (κ1) is 33.2. The summed E-state index contributed by atoms with van der Waals surface area (Å²) in [5.41, 5.74) is 10.0. The second kappa shape index (κ2) is 15.9. The number of hydrogen-bond donors (Lipinski definition) is 4. The minimum absolute atomic E-state index is 0.251. The Bertz CT molecular complexity index is 1380. The van der Waals surface area contributed by atoms with E-state index in [1.165, 1.54) is 6.21 Å². The standard InChI is InChI=1S/C34H46N8O4/c1-27(2)23-38-39(3)42(43)31-11-9-29(10-12-31)40-19-21-41(22-20-40)30-13-15-32(16-14-30)44-24-33-25-45-34(46-33,26-37-36-18-17-35)28-7-5-4-6-8-28/h4-18,27,33,35,37-38,43H,19-26H2,1-3H3/b35-17?,36-18-/t33-,34-/m1/s1. The Hall–Kier alpha value is -4.20. The summed E-state index contributed by atoms with van der Waals surface area (Å²) in [7, 11) is 1.79. The first-order valence-electron chi connectivity index (χ1n) is 15.8. The van der Waals surface area contributed by atoms with E-state index in [0.29, 0.717) is 31.4 Å². The van der Waals surface area contributed by atoms with Gasteiger partial charge in [-0.05, 0) is 54.4 Å². The van der Waals surface area contributed by atoms with Gasteiger partial charge in [0.2, 0.25) is 5.79 Å². The first-order valence-corrected chi connectivity index (χ1v) is 15.8. The molecular weight excluding hydrogens is 584 g/mol. The van der Waals surface area contributed by atoms with Crippen LogP contribution >= 0.6 is 0 Å². The van der Waals surface area contributed by atoms with Gasteiger partial charge in [0.15, 0.2) is 0 Å². The fourth-order valence-electron chi connectivity index (χ4n) is 5.44. The quantitative estimate of drug-likeness (QED) is 0.144. The zero-order chi connectivity index (χ0) is 32.4. The second-order valence-corrected chi connectivity index (χ2v) is 11.8. The number of anilines is 3. The van der Waals surface area contributed by atoms with Crippen LogP contribution in [0.2, 0.25) is 0 Å². The van der Waals surface area contributed by atoms with Crippen molar-refractivity contribution in [1.82, 2.24) is 16.0 Å². The maximum Gasteiger partial charge on any atom is 0.215 e. The van der Waals surface area contributed by atoms with E-state index >= 15 is 0 Å². The summed E-state index contributed by atoms with van der Waals surface area (Å²) >= 11 is 0. The van der Waals surface area contributed by atoms with Crippen LogP contribution < -0.4 is 30.6 Å². The molecule has 4 N–H and O–H groups in total. The molecule has 12 nitrogen and oxygen atoms in total. The highest BCUT2D eigenvalue weighted by Crippen LogP contribution is 2.34. The Morgan fingerprint density at radius 1 is 1.00 bits per heavy atom. The molecule has 0 radical (unpaired) electrons. The van der Waals surface area contributed by atoms with Crippen molar-refractivity contribution in [3.8, 4) is 5.75 Å². The van der Waals surface area contributed by atoms with Crippen LogP contribution in [0.15, 0.2) is 84.0 Å². The van der Waals surface area contributed by atoms with E-state index in [9.17, 15) is 5.21 Å². The molecular formula is C34H46N8O4. The predicted octanol–water partition coefficient (Wildman–Crippen LogP) is 4.09. The fraction of sp³-hybridized carbons (Fsp3) is 0.412. The van der Waals surface area contributed by atoms with Crippen molar-refractivity contribution in [3.63, 3.8) is 0 Å². The molecule has 246 valence electrons. The molecule has 3 aromatic carbocycles. The fourth-order valence-corrected chi connectivity index (χ4v) is 5.44. The van der Waals surface area contributed by atoms with Crippen LogP contribution in [-0.2, 0) is 15.3 Å². The Balaban J connectivity index is 1.09. The number of benzene rings is 3. The zero-order valence-electron chi connectivity index (χ0n) is 26.9. The molecule has 0 aliphatic carbocycles. The smallest absolute Gasteiger partial charge is 0.215 e. The monoisotopic (exact) mass is 630 g/mol. The Kier molecular flexibility index (Phi) is 11.4. The summed E-state index contributed by atoms with van der Waals surface area (Å²) in [5.74, 6) is 0.273. The van der Waals surface area contributed by atoms with E-state index in [4.69, 9.17) is 19.6 Å². The van der Waals surface area contributed by atoms with E-state index < -0.39 is 5.79 Å². The molecule has 2 atom stereocenters. The van der Waals surface area contributed by atoms with Crippen molar-refractivity contribution in [2.45, 2.75) is 25.7 Å². The van der Waals surface area contributed by atoms with Gasteiger partial charge in [0.25, 0.3) is 0 Å². The van der Waals surface area contributed by atoms with E-state index in [2.05, 4.69) is 63.9 Å². The van der Waals surface area contributed by atoms with Crippen LogP contribution in [0.4, 0.5) is 17.1 Å². The van der Waals surface area contributed by atoms with Gasteiger partial charge >= 0.3 is 0 Å². The lowest BCUT2D eigenvalue weighted by atomic mass is 10.1. The average molecular weight is 631 g/mol. The van der Waals surface area contributed by atoms with Crippen molar-refractivity contribution in [1.29, 1.82) is 5.41 Å². The SMILES string of the molecule is CC(C)CNN(C)N(O)c1ccc(N2CCN(c3ccc(OC[C@@H]4CO[C@@](CN/N=C\C=N)(c5ccccc5)O4)cc3)CC2)cc1. The molecule has 2 heterocycles. The lowest BCUT2D eigenvalue weighted by Crippen LogP contribution is -2.48. The van der Waals surface area contributed by atoms with Crippen molar-refractivity contribution in [2.24, 2.45) is 11.0 Å². The molecule has 12 heteroatoms. The molecule has 0 amide bonds. The normalized spacial score (nSPS) is 20.1. The van der Waals surface area contributed by atoms with Gasteiger partial charge in [-0.2, -0.15) is 10.3 Å². The van der Waals surface area contributed by atoms with Crippen molar-refractivity contribution in [2.75, 3.05) is 74.5 Å². The van der Waals surface area contributed by atoms with Crippen molar-refractivity contribution in [3.05, 3.63) is 84.4 Å². The van der Waals surface area contributed by atoms with Crippen molar-refractivity contribution >= 4 is 29.5 Å². The predicted molar refractivity (Wildman–Crippen MR) is 182 cm³/mol. The number of nitrogens with one attached hydrogen (secondary N) is 3. The number of piperazine rings is 1. The van der Waals surface area contributed by atoms with E-state index in [-0.39, 0.29) is 6.10 Å². The number of hydrazone groups is 1. The van der Waals surface area contributed by atoms with Gasteiger partial charge < -0.3 is 34.8 Å². The number of ether oxygens (including phenoxy) is 3. The second-order valence-electron chi connectivity index (χ2n) is 11.8. The minimum atomic E-state index is -0.983. The van der Waals surface area contributed by atoms with E-state index in [1.807, 2.05) is 54.6 Å². The van der Waals surface area contributed by atoms with Gasteiger partial charge in [-0.15, -0.1) is 5.12 Å².